The van der Waals surface area contributed by atoms with Gasteiger partial charge in [0.05, 0.1) is 6.54 Å². The Morgan fingerprint density at radius 1 is 0.963 bits per heavy atom. The van der Waals surface area contributed by atoms with Crippen molar-refractivity contribution in [3.05, 3.63) is 0 Å². The summed E-state index contributed by atoms with van der Waals surface area (Å²) < 4.78 is 4.95. The first-order valence-corrected chi connectivity index (χ1v) is 9.78. The monoisotopic (exact) mass is 384 g/mol. The van der Waals surface area contributed by atoms with E-state index in [9.17, 15) is 14.4 Å². The molecule has 1 heterocycles. The van der Waals surface area contributed by atoms with Crippen LogP contribution >= 0.6 is 0 Å². The predicted octanol–water partition coefficient (Wildman–Crippen LogP) is 0.226. The molecule has 3 amide bonds. The molecule has 1 saturated heterocycles. The lowest BCUT2D eigenvalue weighted by molar-refractivity contribution is -0.134. The average molecular weight is 385 g/mol. The van der Waals surface area contributed by atoms with Gasteiger partial charge in [0.1, 0.15) is 0 Å². The molecule has 0 spiro atoms. The number of carbonyl (C=O) groups is 3. The van der Waals surface area contributed by atoms with Gasteiger partial charge in [-0.1, -0.05) is 20.8 Å². The topological polar surface area (TPSA) is 91.0 Å². The molecular weight excluding hydrogens is 348 g/mol. The average Bonchev–Trinajstić information content (AvgIpc) is 2.61. The summed E-state index contributed by atoms with van der Waals surface area (Å²) >= 11 is 0. The van der Waals surface area contributed by atoms with E-state index in [-0.39, 0.29) is 17.7 Å². The molecule has 0 unspecified atom stereocenters. The lowest BCUT2D eigenvalue weighted by Crippen LogP contribution is -2.51. The largest absolute Gasteiger partial charge is 0.385 e. The number of hydrogen-bond acceptors (Lipinski definition) is 5. The summed E-state index contributed by atoms with van der Waals surface area (Å²) in [4.78, 5) is 39.9. The van der Waals surface area contributed by atoms with Crippen LogP contribution in [0.25, 0.3) is 0 Å². The summed E-state index contributed by atoms with van der Waals surface area (Å²) in [6.45, 7) is 10.5. The van der Waals surface area contributed by atoms with Gasteiger partial charge < -0.3 is 20.3 Å². The maximum Gasteiger partial charge on any atom is 0.234 e. The zero-order chi connectivity index (χ0) is 20.3. The van der Waals surface area contributed by atoms with Crippen molar-refractivity contribution in [2.45, 2.75) is 40.0 Å². The molecule has 0 aromatic carbocycles. The highest BCUT2D eigenvalue weighted by molar-refractivity contribution is 5.81. The van der Waals surface area contributed by atoms with E-state index >= 15 is 0 Å². The highest BCUT2D eigenvalue weighted by Crippen LogP contribution is 2.12. The Labute approximate surface area is 163 Å². The van der Waals surface area contributed by atoms with Gasteiger partial charge in [-0.25, -0.2) is 0 Å². The van der Waals surface area contributed by atoms with Crippen LogP contribution in [0.1, 0.15) is 40.0 Å². The summed E-state index contributed by atoms with van der Waals surface area (Å²) in [6, 6.07) is 0. The highest BCUT2D eigenvalue weighted by Gasteiger charge is 2.23. The Kier molecular flexibility index (Phi) is 10.3. The van der Waals surface area contributed by atoms with Crippen LogP contribution < -0.4 is 10.6 Å². The molecule has 27 heavy (non-hydrogen) atoms. The van der Waals surface area contributed by atoms with Crippen molar-refractivity contribution >= 4 is 17.7 Å². The lowest BCUT2D eigenvalue weighted by atomic mass is 9.96. The molecule has 0 aromatic rings. The van der Waals surface area contributed by atoms with E-state index in [1.807, 2.05) is 25.7 Å². The third-order valence-corrected chi connectivity index (χ3v) is 4.47. The van der Waals surface area contributed by atoms with Crippen LogP contribution in [-0.2, 0) is 19.1 Å². The molecule has 0 aromatic heterocycles. The fraction of sp³-hybridized carbons (Fsp3) is 0.842. The Morgan fingerprint density at radius 3 is 2.19 bits per heavy atom. The second-order valence-electron chi connectivity index (χ2n) is 7.96. The lowest BCUT2D eigenvalue weighted by Gasteiger charge is -2.34. The number of hydrogen-bond donors (Lipinski definition) is 2. The molecule has 1 aliphatic heterocycles. The molecule has 2 N–H and O–H groups in total. The molecule has 0 radical (unpaired) electrons. The van der Waals surface area contributed by atoms with Gasteiger partial charge in [0.25, 0.3) is 0 Å². The number of carbonyl (C=O) groups excluding carboxylic acids is 3. The van der Waals surface area contributed by atoms with E-state index in [2.05, 4.69) is 15.5 Å². The summed E-state index contributed by atoms with van der Waals surface area (Å²) in [5, 5.41) is 5.74. The van der Waals surface area contributed by atoms with E-state index in [1.54, 1.807) is 7.11 Å². The van der Waals surface area contributed by atoms with Crippen LogP contribution in [0, 0.1) is 5.41 Å². The fourth-order valence-electron chi connectivity index (χ4n) is 2.72. The smallest absolute Gasteiger partial charge is 0.234 e. The van der Waals surface area contributed by atoms with Crippen molar-refractivity contribution in [2.24, 2.45) is 5.41 Å². The number of nitrogens with one attached hydrogen (secondary N) is 2. The van der Waals surface area contributed by atoms with Crippen molar-refractivity contribution in [3.63, 3.8) is 0 Å². The Balaban J connectivity index is 2.15. The summed E-state index contributed by atoms with van der Waals surface area (Å²) in [5.74, 6) is 0.133. The summed E-state index contributed by atoms with van der Waals surface area (Å²) in [6.07, 6.45) is 1.88. The zero-order valence-electron chi connectivity index (χ0n) is 17.3. The maximum atomic E-state index is 12.3. The van der Waals surface area contributed by atoms with Crippen LogP contribution in [-0.4, -0.2) is 87.1 Å². The molecule has 0 bridgehead atoms. The number of nitrogens with zero attached hydrogens (tertiary/aromatic N) is 2. The SMILES string of the molecule is COCCCNC(=O)CN1CCN(C(=O)CCCNC(=O)C(C)(C)C)CC1. The summed E-state index contributed by atoms with van der Waals surface area (Å²) in [5.41, 5.74) is -0.406. The Hall–Kier alpha value is -1.67. The molecule has 8 nitrogen and oxygen atoms in total. The first kappa shape index (κ1) is 23.4. The molecule has 0 atom stereocenters. The molecule has 1 aliphatic rings. The second-order valence-corrected chi connectivity index (χ2v) is 7.96. The van der Waals surface area contributed by atoms with Gasteiger partial charge in [-0.15, -0.1) is 0 Å². The molecule has 1 fully saturated rings. The number of amides is 3. The number of ether oxygens (including phenoxy) is 1. The fourth-order valence-corrected chi connectivity index (χ4v) is 2.72. The third-order valence-electron chi connectivity index (χ3n) is 4.47. The van der Waals surface area contributed by atoms with E-state index < -0.39 is 5.41 Å². The maximum absolute atomic E-state index is 12.3. The first-order chi connectivity index (χ1) is 12.7. The number of methoxy groups -OCH3 is 1. The molecule has 156 valence electrons. The van der Waals surface area contributed by atoms with Gasteiger partial charge in [0.15, 0.2) is 0 Å². The van der Waals surface area contributed by atoms with E-state index in [0.29, 0.717) is 65.3 Å². The van der Waals surface area contributed by atoms with E-state index in [1.165, 1.54) is 0 Å². The quantitative estimate of drug-likeness (QED) is 0.526. The van der Waals surface area contributed by atoms with Crippen molar-refractivity contribution in [3.8, 4) is 0 Å². The van der Waals surface area contributed by atoms with Crippen molar-refractivity contribution in [1.82, 2.24) is 20.4 Å². The normalized spacial score (nSPS) is 15.5. The Morgan fingerprint density at radius 2 is 1.59 bits per heavy atom. The molecule has 8 heteroatoms. The standard InChI is InChI=1S/C19H36N4O4/c1-19(2,3)18(26)21-8-5-7-17(25)23-12-10-22(11-13-23)15-16(24)20-9-6-14-27-4/h5-15H2,1-4H3,(H,20,24)(H,21,26). The van der Waals surface area contributed by atoms with Crippen molar-refractivity contribution in [1.29, 1.82) is 0 Å². The number of rotatable bonds is 10. The van der Waals surface area contributed by atoms with Crippen LogP contribution in [0.15, 0.2) is 0 Å². The highest BCUT2D eigenvalue weighted by atomic mass is 16.5. The first-order valence-electron chi connectivity index (χ1n) is 9.78. The molecule has 0 aliphatic carbocycles. The van der Waals surface area contributed by atoms with Gasteiger partial charge in [0, 0.05) is 64.8 Å². The van der Waals surface area contributed by atoms with E-state index in [4.69, 9.17) is 4.74 Å². The van der Waals surface area contributed by atoms with E-state index in [0.717, 1.165) is 6.42 Å². The second kappa shape index (κ2) is 11.9. The van der Waals surface area contributed by atoms with Gasteiger partial charge in [0.2, 0.25) is 17.7 Å². The van der Waals surface area contributed by atoms with Crippen molar-refractivity contribution < 1.29 is 19.1 Å². The van der Waals surface area contributed by atoms with Crippen LogP contribution in [0.3, 0.4) is 0 Å². The molecule has 0 saturated carbocycles. The minimum Gasteiger partial charge on any atom is -0.385 e. The van der Waals surface area contributed by atoms with Crippen LogP contribution in [0.5, 0.6) is 0 Å². The van der Waals surface area contributed by atoms with Crippen molar-refractivity contribution in [2.75, 3.05) is 59.5 Å². The van der Waals surface area contributed by atoms with Gasteiger partial charge in [-0.2, -0.15) is 0 Å². The Bertz CT molecular complexity index is 483. The minimum atomic E-state index is -0.406. The van der Waals surface area contributed by atoms with Crippen LogP contribution in [0.4, 0.5) is 0 Å². The van der Waals surface area contributed by atoms with Crippen LogP contribution in [0.2, 0.25) is 0 Å². The molecular formula is C19H36N4O4. The van der Waals surface area contributed by atoms with Gasteiger partial charge in [-0.3, -0.25) is 19.3 Å². The summed E-state index contributed by atoms with van der Waals surface area (Å²) in [7, 11) is 1.64. The zero-order valence-corrected chi connectivity index (χ0v) is 17.3. The number of piperazine rings is 1. The third kappa shape index (κ3) is 9.72. The molecule has 1 rings (SSSR count). The predicted molar refractivity (Wildman–Crippen MR) is 104 cm³/mol. The minimum absolute atomic E-state index is 0.00376. The van der Waals surface area contributed by atoms with Gasteiger partial charge in [-0.05, 0) is 12.8 Å². The van der Waals surface area contributed by atoms with Gasteiger partial charge >= 0.3 is 0 Å².